The molecular weight excluding hydrogens is 290 g/mol. The zero-order valence-corrected chi connectivity index (χ0v) is 13.0. The number of fused-ring (bicyclic) bond motifs is 1. The molecule has 1 aliphatic heterocycles. The molecule has 0 aliphatic carbocycles. The lowest BCUT2D eigenvalue weighted by atomic mass is 9.98. The first-order valence-corrected chi connectivity index (χ1v) is 8.17. The average Bonchev–Trinajstić information content (AvgIpc) is 3.24. The Morgan fingerprint density at radius 3 is 3.04 bits per heavy atom. The summed E-state index contributed by atoms with van der Waals surface area (Å²) in [5.41, 5.74) is 2.06. The molecule has 0 bridgehead atoms. The van der Waals surface area contributed by atoms with E-state index in [1.54, 1.807) is 0 Å². The third-order valence-corrected chi connectivity index (χ3v) is 4.57. The highest BCUT2D eigenvalue weighted by Gasteiger charge is 2.26. The van der Waals surface area contributed by atoms with Crippen LogP contribution in [0.15, 0.2) is 36.7 Å². The van der Waals surface area contributed by atoms with Crippen molar-refractivity contribution in [2.24, 2.45) is 0 Å². The van der Waals surface area contributed by atoms with Gasteiger partial charge in [-0.3, -0.25) is 0 Å². The Balaban J connectivity index is 1.69. The minimum Gasteiger partial charge on any atom is -0.395 e. The van der Waals surface area contributed by atoms with Gasteiger partial charge in [-0.05, 0) is 25.0 Å². The number of aliphatic hydroxyl groups excluding tert-OH is 1. The molecular formula is C17H21N5O. The smallest absolute Gasteiger partial charge is 0.206 e. The van der Waals surface area contributed by atoms with Crippen molar-refractivity contribution in [3.63, 3.8) is 0 Å². The fourth-order valence-corrected chi connectivity index (χ4v) is 3.51. The van der Waals surface area contributed by atoms with Crippen molar-refractivity contribution >= 4 is 17.0 Å². The summed E-state index contributed by atoms with van der Waals surface area (Å²) in [6.07, 6.45) is 5.96. The largest absolute Gasteiger partial charge is 0.395 e. The zero-order chi connectivity index (χ0) is 15.6. The van der Waals surface area contributed by atoms with Gasteiger partial charge in [0.25, 0.3) is 0 Å². The van der Waals surface area contributed by atoms with E-state index in [9.17, 15) is 5.11 Å². The van der Waals surface area contributed by atoms with Gasteiger partial charge in [0.05, 0.1) is 17.6 Å². The lowest BCUT2D eigenvalue weighted by Crippen LogP contribution is -2.36. The summed E-state index contributed by atoms with van der Waals surface area (Å²) >= 11 is 0. The Morgan fingerprint density at radius 1 is 1.30 bits per heavy atom. The Morgan fingerprint density at radius 2 is 2.22 bits per heavy atom. The summed E-state index contributed by atoms with van der Waals surface area (Å²) in [5.74, 6) is 2.41. The van der Waals surface area contributed by atoms with Crippen LogP contribution in [-0.2, 0) is 6.54 Å². The van der Waals surface area contributed by atoms with Crippen LogP contribution < -0.4 is 4.90 Å². The van der Waals surface area contributed by atoms with Crippen molar-refractivity contribution in [3.05, 3.63) is 42.5 Å². The van der Waals surface area contributed by atoms with E-state index in [1.165, 1.54) is 0 Å². The molecule has 0 unspecified atom stereocenters. The molecule has 6 heteroatoms. The van der Waals surface area contributed by atoms with E-state index >= 15 is 0 Å². The van der Waals surface area contributed by atoms with E-state index in [1.807, 2.05) is 30.6 Å². The van der Waals surface area contributed by atoms with Gasteiger partial charge in [-0.1, -0.05) is 12.1 Å². The van der Waals surface area contributed by atoms with Crippen LogP contribution in [0.3, 0.4) is 0 Å². The molecule has 4 rings (SSSR count). The maximum Gasteiger partial charge on any atom is 0.206 e. The Kier molecular flexibility index (Phi) is 3.75. The van der Waals surface area contributed by atoms with Gasteiger partial charge < -0.3 is 19.6 Å². The van der Waals surface area contributed by atoms with E-state index in [4.69, 9.17) is 4.98 Å². The van der Waals surface area contributed by atoms with Crippen molar-refractivity contribution < 1.29 is 5.11 Å². The fraction of sp³-hybridized carbons (Fsp3) is 0.412. The molecule has 0 amide bonds. The summed E-state index contributed by atoms with van der Waals surface area (Å²) in [6.45, 7) is 2.58. The number of piperidine rings is 1. The van der Waals surface area contributed by atoms with Crippen molar-refractivity contribution in [1.29, 1.82) is 0 Å². The Labute approximate surface area is 134 Å². The number of benzene rings is 1. The second-order valence-electron chi connectivity index (χ2n) is 6.04. The lowest BCUT2D eigenvalue weighted by molar-refractivity contribution is 0.277. The highest BCUT2D eigenvalue weighted by atomic mass is 16.3. The standard InChI is InChI=1S/C17H21N5O/c23-11-10-22-15-6-2-1-5-14(15)20-17(22)21-9-3-4-13(12-21)16-18-7-8-19-16/h1-2,5-8,13,23H,3-4,9-12H2,(H,18,19)/t13-/m1/s1. The van der Waals surface area contributed by atoms with Crippen LogP contribution in [-0.4, -0.2) is 44.3 Å². The molecule has 1 aliphatic rings. The Hall–Kier alpha value is -2.34. The fourth-order valence-electron chi connectivity index (χ4n) is 3.51. The molecule has 0 radical (unpaired) electrons. The number of aromatic amines is 1. The molecule has 2 N–H and O–H groups in total. The maximum atomic E-state index is 9.44. The van der Waals surface area contributed by atoms with Gasteiger partial charge in [0, 0.05) is 37.9 Å². The first kappa shape index (κ1) is 14.3. The molecule has 23 heavy (non-hydrogen) atoms. The van der Waals surface area contributed by atoms with Crippen LogP contribution >= 0.6 is 0 Å². The third-order valence-electron chi connectivity index (χ3n) is 4.57. The van der Waals surface area contributed by atoms with E-state index < -0.39 is 0 Å². The van der Waals surface area contributed by atoms with Crippen LogP contribution in [0, 0.1) is 0 Å². The molecule has 0 saturated carbocycles. The number of H-pyrrole nitrogens is 1. The summed E-state index contributed by atoms with van der Waals surface area (Å²) < 4.78 is 2.12. The van der Waals surface area contributed by atoms with E-state index in [2.05, 4.69) is 25.5 Å². The van der Waals surface area contributed by atoms with Crippen molar-refractivity contribution in [1.82, 2.24) is 19.5 Å². The number of para-hydroxylation sites is 2. The number of hydrogen-bond donors (Lipinski definition) is 2. The second kappa shape index (κ2) is 6.04. The van der Waals surface area contributed by atoms with Crippen LogP contribution in [0.2, 0.25) is 0 Å². The van der Waals surface area contributed by atoms with Crippen LogP contribution in [0.5, 0.6) is 0 Å². The van der Waals surface area contributed by atoms with E-state index in [0.717, 1.165) is 48.7 Å². The van der Waals surface area contributed by atoms with Gasteiger partial charge in [-0.25, -0.2) is 9.97 Å². The van der Waals surface area contributed by atoms with Gasteiger partial charge in [0.2, 0.25) is 5.95 Å². The maximum absolute atomic E-state index is 9.44. The van der Waals surface area contributed by atoms with Crippen molar-refractivity contribution in [2.45, 2.75) is 25.3 Å². The second-order valence-corrected chi connectivity index (χ2v) is 6.04. The molecule has 1 aromatic carbocycles. The number of aliphatic hydroxyl groups is 1. The normalized spacial score (nSPS) is 18.7. The number of hydrogen-bond acceptors (Lipinski definition) is 4. The zero-order valence-electron chi connectivity index (χ0n) is 13.0. The van der Waals surface area contributed by atoms with Crippen molar-refractivity contribution in [3.8, 4) is 0 Å². The Bertz CT molecular complexity index is 779. The van der Waals surface area contributed by atoms with Gasteiger partial charge in [0.15, 0.2) is 0 Å². The van der Waals surface area contributed by atoms with E-state index in [-0.39, 0.29) is 6.61 Å². The van der Waals surface area contributed by atoms with Gasteiger partial charge >= 0.3 is 0 Å². The summed E-state index contributed by atoms with van der Waals surface area (Å²) in [7, 11) is 0. The first-order chi connectivity index (χ1) is 11.4. The van der Waals surface area contributed by atoms with Crippen LogP contribution in [0.1, 0.15) is 24.6 Å². The molecule has 1 atom stereocenters. The van der Waals surface area contributed by atoms with E-state index in [0.29, 0.717) is 12.5 Å². The summed E-state index contributed by atoms with van der Waals surface area (Å²) in [6, 6.07) is 8.11. The highest BCUT2D eigenvalue weighted by Crippen LogP contribution is 2.30. The number of imidazole rings is 2. The van der Waals surface area contributed by atoms with Crippen LogP contribution in [0.4, 0.5) is 5.95 Å². The predicted molar refractivity (Wildman–Crippen MR) is 89.6 cm³/mol. The first-order valence-electron chi connectivity index (χ1n) is 8.17. The number of nitrogens with zero attached hydrogens (tertiary/aromatic N) is 4. The minimum atomic E-state index is 0.114. The summed E-state index contributed by atoms with van der Waals surface area (Å²) in [5, 5.41) is 9.44. The molecule has 1 saturated heterocycles. The molecule has 0 spiro atoms. The monoisotopic (exact) mass is 311 g/mol. The average molecular weight is 311 g/mol. The third kappa shape index (κ3) is 2.59. The van der Waals surface area contributed by atoms with Crippen molar-refractivity contribution in [2.75, 3.05) is 24.6 Å². The number of aromatic nitrogens is 4. The van der Waals surface area contributed by atoms with Gasteiger partial charge in [-0.15, -0.1) is 0 Å². The number of nitrogens with one attached hydrogen (secondary N) is 1. The molecule has 3 heterocycles. The quantitative estimate of drug-likeness (QED) is 0.774. The predicted octanol–water partition coefficient (Wildman–Crippen LogP) is 2.14. The van der Waals surface area contributed by atoms with Gasteiger partial charge in [0.1, 0.15) is 5.82 Å². The molecule has 6 nitrogen and oxygen atoms in total. The van der Waals surface area contributed by atoms with Gasteiger partial charge in [-0.2, -0.15) is 0 Å². The molecule has 3 aromatic rings. The molecule has 2 aromatic heterocycles. The molecule has 120 valence electrons. The van der Waals surface area contributed by atoms with Crippen LogP contribution in [0.25, 0.3) is 11.0 Å². The lowest BCUT2D eigenvalue weighted by Gasteiger charge is -2.33. The SMILES string of the molecule is OCCn1c(N2CCC[C@@H](c3ncc[nH]3)C2)nc2ccccc21. The molecule has 1 fully saturated rings. The summed E-state index contributed by atoms with van der Waals surface area (Å²) in [4.78, 5) is 14.8. The number of anilines is 1. The highest BCUT2D eigenvalue weighted by molar-refractivity contribution is 5.78. The number of rotatable bonds is 4. The minimum absolute atomic E-state index is 0.114. The topological polar surface area (TPSA) is 70.0 Å².